The third-order valence-electron chi connectivity index (χ3n) is 6.44. The lowest BCUT2D eigenvalue weighted by atomic mass is 9.95. The summed E-state index contributed by atoms with van der Waals surface area (Å²) in [5.74, 6) is 0.253. The Balaban J connectivity index is 1.56. The number of carbonyl (C=O) groups is 2. The summed E-state index contributed by atoms with van der Waals surface area (Å²) in [4.78, 5) is 40.2. The minimum absolute atomic E-state index is 0.00152. The van der Waals surface area contributed by atoms with E-state index in [1.165, 1.54) is 0 Å². The van der Waals surface area contributed by atoms with E-state index in [9.17, 15) is 14.4 Å². The van der Waals surface area contributed by atoms with Crippen LogP contribution in [0.5, 0.6) is 0 Å². The van der Waals surface area contributed by atoms with Gasteiger partial charge in [0.05, 0.1) is 6.54 Å². The molecule has 7 nitrogen and oxygen atoms in total. The highest BCUT2D eigenvalue weighted by atomic mass is 16.5. The maximum absolute atomic E-state index is 13.3. The molecular weight excluding hydrogens is 406 g/mol. The van der Waals surface area contributed by atoms with Crippen molar-refractivity contribution in [2.45, 2.75) is 45.7 Å². The van der Waals surface area contributed by atoms with Gasteiger partial charge < -0.3 is 19.5 Å². The fourth-order valence-corrected chi connectivity index (χ4v) is 4.60. The average molecular weight is 438 g/mol. The SMILES string of the molecule is CC(=O)N1CCc2c(cn(Cc3ccccc3)c(=O)c2C(=O)NCCCC2CCOC2)C1. The lowest BCUT2D eigenvalue weighted by Gasteiger charge is -2.29. The van der Waals surface area contributed by atoms with E-state index in [4.69, 9.17) is 4.74 Å². The van der Waals surface area contributed by atoms with E-state index in [-0.39, 0.29) is 22.9 Å². The molecule has 2 aliphatic rings. The van der Waals surface area contributed by atoms with Gasteiger partial charge in [0.1, 0.15) is 5.56 Å². The molecule has 4 rings (SSSR count). The second-order valence-corrected chi connectivity index (χ2v) is 8.74. The highest BCUT2D eigenvalue weighted by Crippen LogP contribution is 2.22. The number of hydrogen-bond donors (Lipinski definition) is 1. The predicted molar refractivity (Wildman–Crippen MR) is 122 cm³/mol. The van der Waals surface area contributed by atoms with Gasteiger partial charge in [-0.3, -0.25) is 14.4 Å². The van der Waals surface area contributed by atoms with Gasteiger partial charge in [-0.15, -0.1) is 0 Å². The summed E-state index contributed by atoms with van der Waals surface area (Å²) in [5.41, 5.74) is 2.59. The fraction of sp³-hybridized carbons (Fsp3) is 0.480. The van der Waals surface area contributed by atoms with Gasteiger partial charge in [-0.1, -0.05) is 30.3 Å². The minimum atomic E-state index is -0.312. The standard InChI is InChI=1S/C25H31N3O4/c1-18(29)27-12-9-22-21(15-27)16-28(14-19-6-3-2-4-7-19)25(31)23(22)24(30)26-11-5-8-20-10-13-32-17-20/h2-4,6-7,16,20H,5,8-15,17H2,1H3,(H,26,30). The Kier molecular flexibility index (Phi) is 7.05. The van der Waals surface area contributed by atoms with Gasteiger partial charge in [0.15, 0.2) is 0 Å². The Hall–Kier alpha value is -2.93. The van der Waals surface area contributed by atoms with Gasteiger partial charge in [0, 0.05) is 46.0 Å². The van der Waals surface area contributed by atoms with E-state index in [0.717, 1.165) is 49.2 Å². The van der Waals surface area contributed by atoms with Crippen molar-refractivity contribution in [1.29, 1.82) is 0 Å². The number of benzene rings is 1. The van der Waals surface area contributed by atoms with Crippen LogP contribution in [0.4, 0.5) is 0 Å². The van der Waals surface area contributed by atoms with E-state index in [2.05, 4.69) is 5.32 Å². The molecule has 1 fully saturated rings. The maximum Gasteiger partial charge on any atom is 0.264 e. The van der Waals surface area contributed by atoms with E-state index in [1.54, 1.807) is 16.4 Å². The maximum atomic E-state index is 13.3. The van der Waals surface area contributed by atoms with Crippen LogP contribution in [0.3, 0.4) is 0 Å². The molecule has 1 atom stereocenters. The van der Waals surface area contributed by atoms with Gasteiger partial charge in [0.2, 0.25) is 5.91 Å². The first kappa shape index (κ1) is 22.3. The molecule has 2 aliphatic heterocycles. The van der Waals surface area contributed by atoms with Crippen molar-refractivity contribution in [3.05, 3.63) is 69.1 Å². The van der Waals surface area contributed by atoms with Gasteiger partial charge >= 0.3 is 0 Å². The van der Waals surface area contributed by atoms with Crippen molar-refractivity contribution in [1.82, 2.24) is 14.8 Å². The molecule has 1 N–H and O–H groups in total. The van der Waals surface area contributed by atoms with Crippen LogP contribution in [0.15, 0.2) is 41.3 Å². The number of fused-ring (bicyclic) bond motifs is 1. The topological polar surface area (TPSA) is 80.6 Å². The number of nitrogens with one attached hydrogen (secondary N) is 1. The summed E-state index contributed by atoms with van der Waals surface area (Å²) in [7, 11) is 0. The summed E-state index contributed by atoms with van der Waals surface area (Å²) in [6, 6.07) is 9.71. The first-order valence-corrected chi connectivity index (χ1v) is 11.4. The van der Waals surface area contributed by atoms with Crippen LogP contribution in [-0.2, 0) is 29.0 Å². The lowest BCUT2D eigenvalue weighted by Crippen LogP contribution is -2.41. The highest BCUT2D eigenvalue weighted by molar-refractivity contribution is 5.95. The second-order valence-electron chi connectivity index (χ2n) is 8.74. The first-order chi connectivity index (χ1) is 15.5. The summed E-state index contributed by atoms with van der Waals surface area (Å²) in [5, 5.41) is 2.97. The number of hydrogen-bond acceptors (Lipinski definition) is 4. The van der Waals surface area contributed by atoms with Crippen molar-refractivity contribution in [3.63, 3.8) is 0 Å². The summed E-state index contributed by atoms with van der Waals surface area (Å²) in [6.07, 6.45) is 5.29. The number of pyridine rings is 1. The van der Waals surface area contributed by atoms with E-state index in [0.29, 0.717) is 38.5 Å². The number of carbonyl (C=O) groups excluding carboxylic acids is 2. The van der Waals surface area contributed by atoms with Gasteiger partial charge in [-0.25, -0.2) is 0 Å². The lowest BCUT2D eigenvalue weighted by molar-refractivity contribution is -0.129. The largest absolute Gasteiger partial charge is 0.381 e. The number of amides is 2. The molecule has 2 amide bonds. The normalized spacial score (nSPS) is 17.8. The second kappa shape index (κ2) is 10.1. The Morgan fingerprint density at radius 3 is 2.75 bits per heavy atom. The first-order valence-electron chi connectivity index (χ1n) is 11.4. The Labute approximate surface area is 188 Å². The number of nitrogens with zero attached hydrogens (tertiary/aromatic N) is 2. The summed E-state index contributed by atoms with van der Waals surface area (Å²) < 4.78 is 7.01. The molecule has 0 bridgehead atoms. The Morgan fingerprint density at radius 1 is 1.22 bits per heavy atom. The third-order valence-corrected chi connectivity index (χ3v) is 6.44. The van der Waals surface area contributed by atoms with Gasteiger partial charge in [-0.05, 0) is 48.3 Å². The van der Waals surface area contributed by atoms with Crippen LogP contribution in [0, 0.1) is 5.92 Å². The average Bonchev–Trinajstić information content (AvgIpc) is 3.31. The molecule has 0 aliphatic carbocycles. The van der Waals surface area contributed by atoms with Crippen LogP contribution >= 0.6 is 0 Å². The van der Waals surface area contributed by atoms with Gasteiger partial charge in [0.25, 0.3) is 11.5 Å². The minimum Gasteiger partial charge on any atom is -0.381 e. The Morgan fingerprint density at radius 2 is 2.03 bits per heavy atom. The highest BCUT2D eigenvalue weighted by Gasteiger charge is 2.27. The monoisotopic (exact) mass is 437 g/mol. The zero-order valence-electron chi connectivity index (χ0n) is 18.6. The number of rotatable bonds is 7. The molecule has 0 spiro atoms. The van der Waals surface area contributed by atoms with Crippen LogP contribution in [0.1, 0.15) is 53.2 Å². The molecule has 1 aromatic carbocycles. The molecule has 3 heterocycles. The van der Waals surface area contributed by atoms with Crippen LogP contribution < -0.4 is 10.9 Å². The molecule has 170 valence electrons. The van der Waals surface area contributed by atoms with Crippen molar-refractivity contribution >= 4 is 11.8 Å². The smallest absolute Gasteiger partial charge is 0.264 e. The predicted octanol–water partition coefficient (Wildman–Crippen LogP) is 2.35. The summed E-state index contributed by atoms with van der Waals surface area (Å²) >= 11 is 0. The van der Waals surface area contributed by atoms with Crippen molar-refractivity contribution in [3.8, 4) is 0 Å². The molecule has 0 radical (unpaired) electrons. The van der Waals surface area contributed by atoms with Crippen LogP contribution in [0.25, 0.3) is 0 Å². The third kappa shape index (κ3) is 5.10. The zero-order valence-corrected chi connectivity index (χ0v) is 18.6. The van der Waals surface area contributed by atoms with Gasteiger partial charge in [-0.2, -0.15) is 0 Å². The molecule has 1 aromatic heterocycles. The van der Waals surface area contributed by atoms with E-state index < -0.39 is 0 Å². The van der Waals surface area contributed by atoms with Crippen molar-refractivity contribution in [2.75, 3.05) is 26.3 Å². The number of aromatic nitrogens is 1. The fourth-order valence-electron chi connectivity index (χ4n) is 4.60. The zero-order chi connectivity index (χ0) is 22.5. The molecule has 1 unspecified atom stereocenters. The Bertz CT molecular complexity index is 1030. The summed E-state index contributed by atoms with van der Waals surface area (Å²) in [6.45, 7) is 5.04. The molecule has 7 heteroatoms. The molecule has 0 saturated carbocycles. The molecule has 2 aromatic rings. The van der Waals surface area contributed by atoms with E-state index in [1.807, 2.05) is 36.5 Å². The molecule has 1 saturated heterocycles. The van der Waals surface area contributed by atoms with E-state index >= 15 is 0 Å². The quantitative estimate of drug-likeness (QED) is 0.675. The van der Waals surface area contributed by atoms with Crippen LogP contribution in [0.2, 0.25) is 0 Å². The molecule has 32 heavy (non-hydrogen) atoms. The van der Waals surface area contributed by atoms with Crippen molar-refractivity contribution in [2.24, 2.45) is 5.92 Å². The van der Waals surface area contributed by atoms with Crippen molar-refractivity contribution < 1.29 is 14.3 Å². The van der Waals surface area contributed by atoms with Crippen LogP contribution in [-0.4, -0.2) is 47.6 Å². The molecular formula is C25H31N3O4. The number of ether oxygens (including phenoxy) is 1.